The van der Waals surface area contributed by atoms with E-state index < -0.39 is 0 Å². The monoisotopic (exact) mass is 328 g/mol. The van der Waals surface area contributed by atoms with Gasteiger partial charge in [-0.15, -0.1) is 0 Å². The van der Waals surface area contributed by atoms with Gasteiger partial charge in [-0.3, -0.25) is 9.69 Å². The van der Waals surface area contributed by atoms with Crippen molar-refractivity contribution in [2.24, 2.45) is 0 Å². The van der Waals surface area contributed by atoms with Crippen LogP contribution in [0.1, 0.15) is 28.8 Å². The number of anilines is 2. The van der Waals surface area contributed by atoms with E-state index in [1.807, 2.05) is 77.7 Å². The molecule has 0 bridgehead atoms. The molecule has 0 aliphatic carbocycles. The number of nitrogens with zero attached hydrogens (tertiary/aromatic N) is 1. The van der Waals surface area contributed by atoms with E-state index >= 15 is 0 Å². The standard InChI is InChI=1S/C22H20N2O/c1-16(17-10-4-2-5-11-17)21-23-20-15-9-8-14-19(20)22(25)24(21)18-12-6-3-7-13-18/h2-16,21,23H,1H3/t16-,21-/m0/s1. The fraction of sp³-hybridized carbons (Fsp3) is 0.136. The summed E-state index contributed by atoms with van der Waals surface area (Å²) in [6, 6.07) is 27.9. The number of nitrogens with one attached hydrogen (secondary N) is 1. The van der Waals surface area contributed by atoms with Crippen molar-refractivity contribution in [1.29, 1.82) is 0 Å². The highest BCUT2D eigenvalue weighted by molar-refractivity contribution is 6.12. The molecule has 3 aromatic rings. The maximum absolute atomic E-state index is 13.2. The summed E-state index contributed by atoms with van der Waals surface area (Å²) in [7, 11) is 0. The molecule has 0 fully saturated rings. The zero-order valence-corrected chi connectivity index (χ0v) is 14.1. The first kappa shape index (κ1) is 15.5. The molecule has 3 aromatic carbocycles. The molecule has 0 saturated heterocycles. The quantitative estimate of drug-likeness (QED) is 0.742. The number of rotatable bonds is 3. The predicted octanol–water partition coefficient (Wildman–Crippen LogP) is 4.89. The molecule has 25 heavy (non-hydrogen) atoms. The lowest BCUT2D eigenvalue weighted by Crippen LogP contribution is -2.51. The third kappa shape index (κ3) is 2.78. The van der Waals surface area contributed by atoms with Crippen molar-refractivity contribution >= 4 is 17.3 Å². The van der Waals surface area contributed by atoms with Gasteiger partial charge in [-0.2, -0.15) is 0 Å². The van der Waals surface area contributed by atoms with Crippen LogP contribution in [0.15, 0.2) is 84.9 Å². The van der Waals surface area contributed by atoms with Crippen molar-refractivity contribution in [1.82, 2.24) is 0 Å². The predicted molar refractivity (Wildman–Crippen MR) is 102 cm³/mol. The third-order valence-electron chi connectivity index (χ3n) is 4.79. The van der Waals surface area contributed by atoms with Crippen LogP contribution in [0.3, 0.4) is 0 Å². The number of fused-ring (bicyclic) bond motifs is 1. The van der Waals surface area contributed by atoms with Crippen LogP contribution in [0, 0.1) is 0 Å². The van der Waals surface area contributed by atoms with Gasteiger partial charge in [0.25, 0.3) is 5.91 Å². The van der Waals surface area contributed by atoms with Gasteiger partial charge in [0, 0.05) is 17.3 Å². The summed E-state index contributed by atoms with van der Waals surface area (Å²) >= 11 is 0. The molecule has 0 unspecified atom stereocenters. The highest BCUT2D eigenvalue weighted by Crippen LogP contribution is 2.35. The number of para-hydroxylation sites is 2. The normalized spacial score (nSPS) is 17.6. The Bertz CT molecular complexity index is 877. The van der Waals surface area contributed by atoms with Gasteiger partial charge in [0.1, 0.15) is 6.17 Å². The minimum Gasteiger partial charge on any atom is -0.364 e. The van der Waals surface area contributed by atoms with Crippen molar-refractivity contribution in [3.63, 3.8) is 0 Å². The Kier molecular flexibility index (Phi) is 3.98. The van der Waals surface area contributed by atoms with Crippen molar-refractivity contribution in [2.45, 2.75) is 19.0 Å². The maximum atomic E-state index is 13.2. The van der Waals surface area contributed by atoms with Crippen molar-refractivity contribution in [3.05, 3.63) is 96.1 Å². The van der Waals surface area contributed by atoms with Crippen LogP contribution >= 0.6 is 0 Å². The minimum atomic E-state index is -0.146. The molecule has 1 amide bonds. The summed E-state index contributed by atoms with van der Waals surface area (Å²) in [5, 5.41) is 3.58. The van der Waals surface area contributed by atoms with E-state index in [0.717, 1.165) is 11.4 Å². The molecule has 0 aromatic heterocycles. The number of carbonyl (C=O) groups excluding carboxylic acids is 1. The molecule has 4 rings (SSSR count). The molecule has 0 saturated carbocycles. The summed E-state index contributed by atoms with van der Waals surface area (Å²) in [4.78, 5) is 15.1. The topological polar surface area (TPSA) is 32.3 Å². The second-order valence-electron chi connectivity index (χ2n) is 6.34. The van der Waals surface area contributed by atoms with Crippen molar-refractivity contribution in [2.75, 3.05) is 10.2 Å². The zero-order chi connectivity index (χ0) is 17.2. The van der Waals surface area contributed by atoms with E-state index in [1.165, 1.54) is 5.56 Å². The summed E-state index contributed by atoms with van der Waals surface area (Å²) in [6.45, 7) is 2.16. The fourth-order valence-electron chi connectivity index (χ4n) is 3.43. The Hall–Kier alpha value is -3.07. The van der Waals surface area contributed by atoms with E-state index in [1.54, 1.807) is 0 Å². The van der Waals surface area contributed by atoms with Crippen LogP contribution in [0.25, 0.3) is 0 Å². The molecular formula is C22H20N2O. The second kappa shape index (κ2) is 6.44. The SMILES string of the molecule is C[C@@H](c1ccccc1)[C@H]1Nc2ccccc2C(=O)N1c1ccccc1. The van der Waals surface area contributed by atoms with Crippen LogP contribution < -0.4 is 10.2 Å². The van der Waals surface area contributed by atoms with Crippen LogP contribution in [-0.2, 0) is 0 Å². The van der Waals surface area contributed by atoms with E-state index in [2.05, 4.69) is 24.4 Å². The Morgan fingerprint density at radius 2 is 1.44 bits per heavy atom. The third-order valence-corrected chi connectivity index (χ3v) is 4.79. The Labute approximate surface area is 147 Å². The molecule has 1 aliphatic heterocycles. The lowest BCUT2D eigenvalue weighted by molar-refractivity contribution is 0.0972. The molecule has 0 radical (unpaired) electrons. The van der Waals surface area contributed by atoms with Gasteiger partial charge < -0.3 is 5.32 Å². The van der Waals surface area contributed by atoms with Gasteiger partial charge in [0.15, 0.2) is 0 Å². The minimum absolute atomic E-state index is 0.0355. The average molecular weight is 328 g/mol. The highest BCUT2D eigenvalue weighted by atomic mass is 16.2. The smallest absolute Gasteiger partial charge is 0.262 e. The lowest BCUT2D eigenvalue weighted by Gasteiger charge is -2.41. The average Bonchev–Trinajstić information content (AvgIpc) is 2.69. The lowest BCUT2D eigenvalue weighted by atomic mass is 9.93. The van der Waals surface area contributed by atoms with E-state index in [-0.39, 0.29) is 18.0 Å². The highest BCUT2D eigenvalue weighted by Gasteiger charge is 2.36. The van der Waals surface area contributed by atoms with Gasteiger partial charge in [-0.1, -0.05) is 67.6 Å². The number of benzene rings is 3. The number of hydrogen-bond acceptors (Lipinski definition) is 2. The molecule has 1 heterocycles. The van der Waals surface area contributed by atoms with Crippen molar-refractivity contribution < 1.29 is 4.79 Å². The van der Waals surface area contributed by atoms with E-state index in [4.69, 9.17) is 0 Å². The summed E-state index contributed by atoms with van der Waals surface area (Å²) in [6.07, 6.45) is -0.146. The van der Waals surface area contributed by atoms with Gasteiger partial charge in [0.2, 0.25) is 0 Å². The van der Waals surface area contributed by atoms with Gasteiger partial charge in [-0.25, -0.2) is 0 Å². The van der Waals surface area contributed by atoms with E-state index in [9.17, 15) is 4.79 Å². The van der Waals surface area contributed by atoms with Gasteiger partial charge >= 0.3 is 0 Å². The molecule has 124 valence electrons. The summed E-state index contributed by atoms with van der Waals surface area (Å²) < 4.78 is 0. The van der Waals surface area contributed by atoms with E-state index in [0.29, 0.717) is 5.56 Å². The molecule has 3 heteroatoms. The summed E-state index contributed by atoms with van der Waals surface area (Å²) in [5.41, 5.74) is 3.71. The molecule has 2 atom stereocenters. The Morgan fingerprint density at radius 1 is 0.840 bits per heavy atom. The Balaban J connectivity index is 1.81. The first-order chi connectivity index (χ1) is 12.3. The molecule has 3 nitrogen and oxygen atoms in total. The molecule has 1 N–H and O–H groups in total. The second-order valence-corrected chi connectivity index (χ2v) is 6.34. The van der Waals surface area contributed by atoms with Crippen molar-refractivity contribution in [3.8, 4) is 0 Å². The molecule has 1 aliphatic rings. The number of hydrogen-bond donors (Lipinski definition) is 1. The number of carbonyl (C=O) groups is 1. The first-order valence-corrected chi connectivity index (χ1v) is 8.55. The van der Waals surface area contributed by atoms with Crippen LogP contribution in [-0.4, -0.2) is 12.1 Å². The first-order valence-electron chi connectivity index (χ1n) is 8.55. The zero-order valence-electron chi connectivity index (χ0n) is 14.1. The van der Waals surface area contributed by atoms with Crippen LogP contribution in [0.2, 0.25) is 0 Å². The van der Waals surface area contributed by atoms with Gasteiger partial charge in [-0.05, 0) is 29.8 Å². The van der Waals surface area contributed by atoms with Crippen LogP contribution in [0.5, 0.6) is 0 Å². The maximum Gasteiger partial charge on any atom is 0.262 e. The molecule has 0 spiro atoms. The summed E-state index contributed by atoms with van der Waals surface area (Å²) in [5.74, 6) is 0.173. The van der Waals surface area contributed by atoms with Crippen LogP contribution in [0.4, 0.5) is 11.4 Å². The largest absolute Gasteiger partial charge is 0.364 e. The Morgan fingerprint density at radius 3 is 2.16 bits per heavy atom. The van der Waals surface area contributed by atoms with Gasteiger partial charge in [0.05, 0.1) is 5.56 Å². The fourth-order valence-corrected chi connectivity index (χ4v) is 3.43. The number of amides is 1. The molecular weight excluding hydrogens is 308 g/mol.